The lowest BCUT2D eigenvalue weighted by molar-refractivity contribution is 0.126. The van der Waals surface area contributed by atoms with Crippen LogP contribution in [-0.2, 0) is 4.74 Å². The number of amides is 1. The molecule has 1 amide bonds. The number of rotatable bonds is 8. The second-order valence-electron chi connectivity index (χ2n) is 3.82. The third kappa shape index (κ3) is 9.07. The first-order chi connectivity index (χ1) is 7.60. The number of halogens is 2. The fourth-order valence-corrected chi connectivity index (χ4v) is 1.46. The molecule has 0 aliphatic heterocycles. The van der Waals surface area contributed by atoms with E-state index >= 15 is 0 Å². The third-order valence-corrected chi connectivity index (χ3v) is 2.13. The number of alkyl halides is 2. The first kappa shape index (κ1) is 15.8. The molecule has 0 atom stereocenters. The second-order valence-corrected chi connectivity index (χ2v) is 4.58. The SMILES string of the molecule is CC(C)COC(=O)NCN(CCCl)CCCl. The summed E-state index contributed by atoms with van der Waals surface area (Å²) in [6.45, 7) is 6.20. The fraction of sp³-hybridized carbons (Fsp3) is 0.900. The highest BCUT2D eigenvalue weighted by Gasteiger charge is 2.07. The Bertz CT molecular complexity index is 186. The summed E-state index contributed by atoms with van der Waals surface area (Å²) in [7, 11) is 0. The van der Waals surface area contributed by atoms with E-state index in [4.69, 9.17) is 27.9 Å². The Hall–Kier alpha value is -0.190. The highest BCUT2D eigenvalue weighted by atomic mass is 35.5. The summed E-state index contributed by atoms with van der Waals surface area (Å²) < 4.78 is 4.97. The zero-order valence-electron chi connectivity index (χ0n) is 9.84. The van der Waals surface area contributed by atoms with Gasteiger partial charge in [-0.2, -0.15) is 0 Å². The van der Waals surface area contributed by atoms with Crippen LogP contribution in [0.3, 0.4) is 0 Å². The van der Waals surface area contributed by atoms with Crippen LogP contribution in [0.4, 0.5) is 4.79 Å². The van der Waals surface area contributed by atoms with Crippen LogP contribution in [0.1, 0.15) is 13.8 Å². The second kappa shape index (κ2) is 10.00. The zero-order chi connectivity index (χ0) is 12.4. The number of ether oxygens (including phenoxy) is 1. The van der Waals surface area contributed by atoms with Crippen molar-refractivity contribution in [3.8, 4) is 0 Å². The molecule has 0 heterocycles. The summed E-state index contributed by atoms with van der Waals surface area (Å²) in [5.41, 5.74) is 0. The van der Waals surface area contributed by atoms with Gasteiger partial charge < -0.3 is 10.1 Å². The van der Waals surface area contributed by atoms with Gasteiger partial charge in [0.15, 0.2) is 0 Å². The summed E-state index contributed by atoms with van der Waals surface area (Å²) in [4.78, 5) is 13.2. The lowest BCUT2D eigenvalue weighted by Crippen LogP contribution is -2.40. The van der Waals surface area contributed by atoms with Gasteiger partial charge in [-0.1, -0.05) is 13.8 Å². The summed E-state index contributed by atoms with van der Waals surface area (Å²) in [5.74, 6) is 1.37. The lowest BCUT2D eigenvalue weighted by Gasteiger charge is -2.20. The molecular weight excluding hydrogens is 251 g/mol. The summed E-state index contributed by atoms with van der Waals surface area (Å²) >= 11 is 11.2. The molecule has 0 rings (SSSR count). The van der Waals surface area contributed by atoms with Crippen LogP contribution in [0.15, 0.2) is 0 Å². The van der Waals surface area contributed by atoms with Gasteiger partial charge in [0.25, 0.3) is 0 Å². The van der Waals surface area contributed by atoms with E-state index < -0.39 is 6.09 Å². The van der Waals surface area contributed by atoms with Crippen LogP contribution < -0.4 is 5.32 Å². The topological polar surface area (TPSA) is 41.6 Å². The van der Waals surface area contributed by atoms with Crippen molar-refractivity contribution in [2.45, 2.75) is 13.8 Å². The minimum Gasteiger partial charge on any atom is -0.449 e. The van der Waals surface area contributed by atoms with Gasteiger partial charge in [0, 0.05) is 24.8 Å². The van der Waals surface area contributed by atoms with Gasteiger partial charge in [0.2, 0.25) is 0 Å². The molecule has 0 radical (unpaired) electrons. The number of nitrogens with zero attached hydrogens (tertiary/aromatic N) is 1. The molecule has 0 saturated carbocycles. The summed E-state index contributed by atoms with van der Waals surface area (Å²) in [5, 5.41) is 2.66. The average molecular weight is 271 g/mol. The molecule has 96 valence electrons. The molecule has 0 fully saturated rings. The first-order valence-corrected chi connectivity index (χ1v) is 6.42. The van der Waals surface area contributed by atoms with Gasteiger partial charge in [0.05, 0.1) is 13.3 Å². The lowest BCUT2D eigenvalue weighted by atomic mass is 10.2. The van der Waals surface area contributed by atoms with Gasteiger partial charge in [-0.15, -0.1) is 23.2 Å². The molecule has 0 aromatic carbocycles. The molecule has 0 saturated heterocycles. The standard InChI is InChI=1S/C10H20Cl2N2O2/c1-9(2)7-16-10(15)13-8-14(5-3-11)6-4-12/h9H,3-8H2,1-2H3,(H,13,15). The van der Waals surface area contributed by atoms with Crippen molar-refractivity contribution in [2.24, 2.45) is 5.92 Å². The number of carbonyl (C=O) groups is 1. The molecule has 1 N–H and O–H groups in total. The number of carbonyl (C=O) groups excluding carboxylic acids is 1. The molecule has 0 bridgehead atoms. The molecule has 0 spiro atoms. The van der Waals surface area contributed by atoms with Crippen molar-refractivity contribution in [1.82, 2.24) is 10.2 Å². The predicted molar refractivity (Wildman–Crippen MR) is 67.2 cm³/mol. The highest BCUT2D eigenvalue weighted by molar-refractivity contribution is 6.18. The Morgan fingerprint density at radius 2 is 1.88 bits per heavy atom. The van der Waals surface area contributed by atoms with E-state index in [1.54, 1.807) is 0 Å². The fourth-order valence-electron chi connectivity index (χ4n) is 0.979. The maximum absolute atomic E-state index is 11.2. The maximum atomic E-state index is 11.2. The Labute approximate surface area is 107 Å². The van der Waals surface area contributed by atoms with Crippen molar-refractivity contribution in [3.05, 3.63) is 0 Å². The normalized spacial score (nSPS) is 10.9. The number of alkyl carbamates (subject to hydrolysis) is 1. The van der Waals surface area contributed by atoms with E-state index in [1.807, 2.05) is 18.7 Å². The molecule has 4 nitrogen and oxygen atoms in total. The van der Waals surface area contributed by atoms with Crippen molar-refractivity contribution in [3.63, 3.8) is 0 Å². The number of nitrogens with one attached hydrogen (secondary N) is 1. The predicted octanol–water partition coefficient (Wildman–Crippen LogP) is 2.11. The molecule has 0 aromatic rings. The molecular formula is C10H20Cl2N2O2. The van der Waals surface area contributed by atoms with Crippen molar-refractivity contribution in [2.75, 3.05) is 38.1 Å². The molecule has 16 heavy (non-hydrogen) atoms. The minimum atomic E-state index is -0.400. The van der Waals surface area contributed by atoms with Crippen LogP contribution in [0.25, 0.3) is 0 Å². The minimum absolute atomic E-state index is 0.340. The summed E-state index contributed by atoms with van der Waals surface area (Å²) in [6.07, 6.45) is -0.400. The van der Waals surface area contributed by atoms with Crippen LogP contribution in [-0.4, -0.2) is 49.1 Å². The quantitative estimate of drug-likeness (QED) is 0.543. The van der Waals surface area contributed by atoms with Gasteiger partial charge >= 0.3 is 6.09 Å². The third-order valence-electron chi connectivity index (χ3n) is 1.80. The van der Waals surface area contributed by atoms with Gasteiger partial charge in [-0.3, -0.25) is 4.90 Å². The molecule has 0 aliphatic rings. The number of hydrogen-bond donors (Lipinski definition) is 1. The Balaban J connectivity index is 3.68. The van der Waals surface area contributed by atoms with E-state index in [1.165, 1.54) is 0 Å². The van der Waals surface area contributed by atoms with E-state index in [0.717, 1.165) is 0 Å². The van der Waals surface area contributed by atoms with Crippen molar-refractivity contribution >= 4 is 29.3 Å². The van der Waals surface area contributed by atoms with Crippen LogP contribution in [0.5, 0.6) is 0 Å². The number of hydrogen-bond acceptors (Lipinski definition) is 3. The van der Waals surface area contributed by atoms with Gasteiger partial charge in [-0.05, 0) is 5.92 Å². The van der Waals surface area contributed by atoms with Crippen molar-refractivity contribution < 1.29 is 9.53 Å². The largest absolute Gasteiger partial charge is 0.449 e. The Morgan fingerprint density at radius 3 is 2.31 bits per heavy atom. The van der Waals surface area contributed by atoms with E-state index in [2.05, 4.69) is 5.32 Å². The first-order valence-electron chi connectivity index (χ1n) is 5.35. The summed E-state index contributed by atoms with van der Waals surface area (Å²) in [6, 6.07) is 0. The smallest absolute Gasteiger partial charge is 0.408 e. The monoisotopic (exact) mass is 270 g/mol. The maximum Gasteiger partial charge on any atom is 0.408 e. The molecule has 0 unspecified atom stereocenters. The Morgan fingerprint density at radius 1 is 1.31 bits per heavy atom. The van der Waals surface area contributed by atoms with E-state index in [0.29, 0.717) is 44.0 Å². The zero-order valence-corrected chi connectivity index (χ0v) is 11.4. The van der Waals surface area contributed by atoms with E-state index in [-0.39, 0.29) is 0 Å². The average Bonchev–Trinajstić information content (AvgIpc) is 2.23. The molecule has 0 aliphatic carbocycles. The van der Waals surface area contributed by atoms with Gasteiger partial charge in [-0.25, -0.2) is 4.79 Å². The van der Waals surface area contributed by atoms with Crippen LogP contribution in [0.2, 0.25) is 0 Å². The molecule has 0 aromatic heterocycles. The Kier molecular flexibility index (Phi) is 9.88. The van der Waals surface area contributed by atoms with E-state index in [9.17, 15) is 4.79 Å². The highest BCUT2D eigenvalue weighted by Crippen LogP contribution is 1.94. The molecule has 6 heteroatoms. The van der Waals surface area contributed by atoms with Crippen LogP contribution in [0, 0.1) is 5.92 Å². The van der Waals surface area contributed by atoms with Gasteiger partial charge in [0.1, 0.15) is 0 Å². The van der Waals surface area contributed by atoms with Crippen molar-refractivity contribution in [1.29, 1.82) is 0 Å². The van der Waals surface area contributed by atoms with Crippen LogP contribution >= 0.6 is 23.2 Å².